The van der Waals surface area contributed by atoms with Gasteiger partial charge in [0.25, 0.3) is 0 Å². The monoisotopic (exact) mass is 291 g/mol. The van der Waals surface area contributed by atoms with Crippen LogP contribution in [0.2, 0.25) is 0 Å². The van der Waals surface area contributed by atoms with Gasteiger partial charge >= 0.3 is 6.03 Å². The Kier molecular flexibility index (Phi) is 5.44. The third-order valence-electron chi connectivity index (χ3n) is 3.90. The highest BCUT2D eigenvalue weighted by atomic mass is 16.5. The normalized spacial score (nSPS) is 15.9. The molecule has 1 aliphatic heterocycles. The molecular formula is C16H25N3O2. The summed E-state index contributed by atoms with van der Waals surface area (Å²) < 4.78 is 5.16. The summed E-state index contributed by atoms with van der Waals surface area (Å²) in [6.07, 6.45) is 2.02. The molecule has 1 aromatic carbocycles. The number of urea groups is 1. The molecule has 0 spiro atoms. The maximum absolute atomic E-state index is 11.9. The van der Waals surface area contributed by atoms with Gasteiger partial charge in [0.1, 0.15) is 5.75 Å². The Balaban J connectivity index is 1.74. The SMILES string of the molecule is COc1ccc(CNC2CCN(C(=O)N(C)C)CC2)cc1. The molecule has 0 radical (unpaired) electrons. The van der Waals surface area contributed by atoms with Crippen LogP contribution in [0, 0.1) is 0 Å². The van der Waals surface area contributed by atoms with Crippen molar-refractivity contribution in [3.8, 4) is 5.75 Å². The van der Waals surface area contributed by atoms with Crippen LogP contribution in [0.4, 0.5) is 4.79 Å². The lowest BCUT2D eigenvalue weighted by molar-refractivity contribution is 0.152. The van der Waals surface area contributed by atoms with Crippen LogP contribution in [0.25, 0.3) is 0 Å². The van der Waals surface area contributed by atoms with Crippen molar-refractivity contribution in [3.63, 3.8) is 0 Å². The summed E-state index contributed by atoms with van der Waals surface area (Å²) in [5.74, 6) is 0.884. The Morgan fingerprint density at radius 3 is 2.43 bits per heavy atom. The average molecular weight is 291 g/mol. The average Bonchev–Trinajstić information content (AvgIpc) is 2.53. The summed E-state index contributed by atoms with van der Waals surface area (Å²) in [6.45, 7) is 2.52. The molecule has 1 aromatic rings. The molecule has 0 aliphatic carbocycles. The molecule has 1 aliphatic rings. The van der Waals surface area contributed by atoms with E-state index in [4.69, 9.17) is 4.74 Å². The number of rotatable bonds is 4. The zero-order chi connectivity index (χ0) is 15.2. The zero-order valence-electron chi connectivity index (χ0n) is 13.1. The summed E-state index contributed by atoms with van der Waals surface area (Å²) in [5, 5.41) is 3.57. The molecule has 2 rings (SSSR count). The fraction of sp³-hybridized carbons (Fsp3) is 0.562. The van der Waals surface area contributed by atoms with Gasteiger partial charge in [-0.25, -0.2) is 4.79 Å². The van der Waals surface area contributed by atoms with Crippen LogP contribution in [-0.2, 0) is 6.54 Å². The minimum atomic E-state index is 0.114. The van der Waals surface area contributed by atoms with Gasteiger partial charge in [-0.3, -0.25) is 0 Å². The van der Waals surface area contributed by atoms with Crippen molar-refractivity contribution in [1.82, 2.24) is 15.1 Å². The van der Waals surface area contributed by atoms with Gasteiger partial charge in [0.2, 0.25) is 0 Å². The zero-order valence-corrected chi connectivity index (χ0v) is 13.1. The van der Waals surface area contributed by atoms with Crippen LogP contribution in [-0.4, -0.2) is 56.2 Å². The maximum atomic E-state index is 11.9. The maximum Gasteiger partial charge on any atom is 0.319 e. The van der Waals surface area contributed by atoms with Crippen molar-refractivity contribution in [2.24, 2.45) is 0 Å². The summed E-state index contributed by atoms with van der Waals surface area (Å²) in [4.78, 5) is 15.4. The van der Waals surface area contributed by atoms with Gasteiger partial charge in [0.05, 0.1) is 7.11 Å². The quantitative estimate of drug-likeness (QED) is 0.922. The summed E-state index contributed by atoms with van der Waals surface area (Å²) in [7, 11) is 5.28. The second-order valence-corrected chi connectivity index (χ2v) is 5.67. The third kappa shape index (κ3) is 4.36. The minimum Gasteiger partial charge on any atom is -0.497 e. The van der Waals surface area contributed by atoms with E-state index in [1.54, 1.807) is 26.1 Å². The van der Waals surface area contributed by atoms with Gasteiger partial charge in [-0.2, -0.15) is 0 Å². The van der Waals surface area contributed by atoms with E-state index >= 15 is 0 Å². The predicted octanol–water partition coefficient (Wildman–Crippen LogP) is 1.93. The molecule has 116 valence electrons. The van der Waals surface area contributed by atoms with Crippen LogP contribution >= 0.6 is 0 Å². The molecule has 0 atom stereocenters. The molecule has 1 N–H and O–H groups in total. The number of carbonyl (C=O) groups excluding carboxylic acids is 1. The fourth-order valence-electron chi connectivity index (χ4n) is 2.56. The molecule has 1 heterocycles. The smallest absolute Gasteiger partial charge is 0.319 e. The molecule has 0 bridgehead atoms. The number of hydrogen-bond acceptors (Lipinski definition) is 3. The van der Waals surface area contributed by atoms with Crippen LogP contribution in [0.3, 0.4) is 0 Å². The van der Waals surface area contributed by atoms with Crippen LogP contribution < -0.4 is 10.1 Å². The number of methoxy groups -OCH3 is 1. The second-order valence-electron chi connectivity index (χ2n) is 5.67. The van der Waals surface area contributed by atoms with Crippen molar-refractivity contribution in [3.05, 3.63) is 29.8 Å². The number of hydrogen-bond donors (Lipinski definition) is 1. The topological polar surface area (TPSA) is 44.8 Å². The molecular weight excluding hydrogens is 266 g/mol. The van der Waals surface area contributed by atoms with Gasteiger partial charge in [-0.15, -0.1) is 0 Å². The van der Waals surface area contributed by atoms with Gasteiger partial charge in [-0.1, -0.05) is 12.1 Å². The first kappa shape index (κ1) is 15.6. The standard InChI is InChI=1S/C16H25N3O2/c1-18(2)16(20)19-10-8-14(9-11-19)17-12-13-4-6-15(21-3)7-5-13/h4-7,14,17H,8-12H2,1-3H3. The first-order chi connectivity index (χ1) is 10.1. The molecule has 0 aromatic heterocycles. The predicted molar refractivity (Wildman–Crippen MR) is 83.5 cm³/mol. The van der Waals surface area contributed by atoms with Crippen LogP contribution in [0.1, 0.15) is 18.4 Å². The van der Waals surface area contributed by atoms with Crippen LogP contribution in [0.15, 0.2) is 24.3 Å². The molecule has 5 heteroatoms. The Morgan fingerprint density at radius 1 is 1.29 bits per heavy atom. The largest absolute Gasteiger partial charge is 0.497 e. The Labute approximate surface area is 126 Å². The van der Waals surface area contributed by atoms with Gasteiger partial charge < -0.3 is 19.9 Å². The van der Waals surface area contributed by atoms with Crippen LogP contribution in [0.5, 0.6) is 5.75 Å². The van der Waals surface area contributed by atoms with Crippen molar-refractivity contribution >= 4 is 6.03 Å². The van der Waals surface area contributed by atoms with Gasteiger partial charge in [-0.05, 0) is 30.5 Å². The Bertz CT molecular complexity index is 451. The van der Waals surface area contributed by atoms with Crippen molar-refractivity contribution < 1.29 is 9.53 Å². The number of amides is 2. The molecule has 1 fully saturated rings. The summed E-state index contributed by atoms with van der Waals surface area (Å²) >= 11 is 0. The Morgan fingerprint density at radius 2 is 1.90 bits per heavy atom. The lowest BCUT2D eigenvalue weighted by Crippen LogP contribution is -2.47. The van der Waals surface area contributed by atoms with E-state index in [1.807, 2.05) is 17.0 Å². The fourth-order valence-corrected chi connectivity index (χ4v) is 2.56. The molecule has 0 unspecified atom stereocenters. The molecule has 0 saturated carbocycles. The lowest BCUT2D eigenvalue weighted by atomic mass is 10.0. The number of benzene rings is 1. The number of carbonyl (C=O) groups is 1. The number of nitrogens with zero attached hydrogens (tertiary/aromatic N) is 2. The third-order valence-corrected chi connectivity index (χ3v) is 3.90. The molecule has 5 nitrogen and oxygen atoms in total. The lowest BCUT2D eigenvalue weighted by Gasteiger charge is -2.34. The molecule has 21 heavy (non-hydrogen) atoms. The van der Waals surface area contributed by atoms with E-state index < -0.39 is 0 Å². The highest BCUT2D eigenvalue weighted by Crippen LogP contribution is 2.14. The van der Waals surface area contributed by atoms with E-state index in [-0.39, 0.29) is 6.03 Å². The number of piperidine rings is 1. The van der Waals surface area contributed by atoms with E-state index in [0.29, 0.717) is 6.04 Å². The minimum absolute atomic E-state index is 0.114. The number of ether oxygens (including phenoxy) is 1. The van der Waals surface area contributed by atoms with Crippen molar-refractivity contribution in [2.45, 2.75) is 25.4 Å². The summed E-state index contributed by atoms with van der Waals surface area (Å²) in [6, 6.07) is 8.72. The first-order valence-electron chi connectivity index (χ1n) is 7.42. The van der Waals surface area contributed by atoms with Crippen molar-refractivity contribution in [1.29, 1.82) is 0 Å². The van der Waals surface area contributed by atoms with E-state index in [1.165, 1.54) is 5.56 Å². The Hall–Kier alpha value is -1.75. The first-order valence-corrected chi connectivity index (χ1v) is 7.42. The van der Waals surface area contributed by atoms with Gasteiger partial charge in [0, 0.05) is 39.8 Å². The molecule has 1 saturated heterocycles. The van der Waals surface area contributed by atoms with E-state index in [0.717, 1.165) is 38.2 Å². The second kappa shape index (κ2) is 7.31. The van der Waals surface area contributed by atoms with Gasteiger partial charge in [0.15, 0.2) is 0 Å². The summed E-state index contributed by atoms with van der Waals surface area (Å²) in [5.41, 5.74) is 1.25. The van der Waals surface area contributed by atoms with E-state index in [2.05, 4.69) is 17.4 Å². The van der Waals surface area contributed by atoms with Crippen molar-refractivity contribution in [2.75, 3.05) is 34.3 Å². The number of likely N-dealkylation sites (tertiary alicyclic amines) is 1. The number of nitrogens with one attached hydrogen (secondary N) is 1. The highest BCUT2D eigenvalue weighted by molar-refractivity contribution is 5.73. The van der Waals surface area contributed by atoms with E-state index in [9.17, 15) is 4.79 Å². The molecule has 2 amide bonds. The highest BCUT2D eigenvalue weighted by Gasteiger charge is 2.23.